The van der Waals surface area contributed by atoms with Crippen LogP contribution >= 0.6 is 12.6 Å². The fraction of sp³-hybridized carbons (Fsp3) is 0.200. The molecule has 0 saturated heterocycles. The van der Waals surface area contributed by atoms with Crippen LogP contribution in [0.25, 0.3) is 11.1 Å². The Labute approximate surface area is 107 Å². The molecule has 0 nitrogen and oxygen atoms in total. The maximum Gasteiger partial charge on any atom is 0.116 e. The topological polar surface area (TPSA) is 0 Å². The highest BCUT2D eigenvalue weighted by atomic mass is 32.1. The van der Waals surface area contributed by atoms with Crippen molar-refractivity contribution in [2.75, 3.05) is 0 Å². The van der Waals surface area contributed by atoms with E-state index in [9.17, 15) is 4.39 Å². The van der Waals surface area contributed by atoms with Gasteiger partial charge in [-0.3, -0.25) is 0 Å². The minimum absolute atomic E-state index is 0.484. The molecule has 0 aliphatic carbocycles. The van der Waals surface area contributed by atoms with Gasteiger partial charge in [-0.15, -0.1) is 12.6 Å². The van der Waals surface area contributed by atoms with Crippen molar-refractivity contribution in [1.82, 2.24) is 0 Å². The first kappa shape index (κ1) is 12.2. The quantitative estimate of drug-likeness (QED) is 0.728. The monoisotopic (exact) mass is 246 g/mol. The van der Waals surface area contributed by atoms with E-state index in [4.69, 9.17) is 0 Å². The molecular formula is C15H15FS. The summed E-state index contributed by atoms with van der Waals surface area (Å²) in [5, 5.41) is 0. The minimum Gasteiger partial charge on any atom is -0.246 e. The molecule has 0 N–H and O–H groups in total. The zero-order chi connectivity index (χ0) is 12.4. The Bertz CT molecular complexity index is 547. The summed E-state index contributed by atoms with van der Waals surface area (Å²) in [4.78, 5) is 0.714. The Balaban J connectivity index is 2.68. The van der Waals surface area contributed by atoms with Gasteiger partial charge >= 0.3 is 0 Å². The Hall–Kier alpha value is -1.28. The first-order valence-corrected chi connectivity index (χ1v) is 6.02. The van der Waals surface area contributed by atoms with Gasteiger partial charge in [-0.2, -0.15) is 0 Å². The van der Waals surface area contributed by atoms with Gasteiger partial charge in [0.2, 0.25) is 0 Å². The van der Waals surface area contributed by atoms with Gasteiger partial charge in [0.05, 0.1) is 0 Å². The maximum atomic E-state index is 13.1. The summed E-state index contributed by atoms with van der Waals surface area (Å²) in [6.45, 7) is 3.60. The van der Waals surface area contributed by atoms with Gasteiger partial charge in [0.25, 0.3) is 0 Å². The lowest BCUT2D eigenvalue weighted by atomic mass is 9.95. The van der Waals surface area contributed by atoms with E-state index < -0.39 is 6.67 Å². The van der Waals surface area contributed by atoms with Crippen LogP contribution in [0.15, 0.2) is 41.3 Å². The highest BCUT2D eigenvalue weighted by molar-refractivity contribution is 7.80. The number of alkyl halides is 1. The van der Waals surface area contributed by atoms with E-state index in [1.54, 1.807) is 0 Å². The van der Waals surface area contributed by atoms with E-state index >= 15 is 0 Å². The third-order valence-corrected chi connectivity index (χ3v) is 3.39. The number of thiol groups is 1. The average molecular weight is 246 g/mol. The fourth-order valence-corrected chi connectivity index (χ4v) is 2.26. The maximum absolute atomic E-state index is 13.1. The van der Waals surface area contributed by atoms with Crippen molar-refractivity contribution in [2.24, 2.45) is 0 Å². The summed E-state index contributed by atoms with van der Waals surface area (Å²) in [5.41, 5.74) is 5.04. The van der Waals surface area contributed by atoms with Gasteiger partial charge in [0, 0.05) is 10.5 Å². The third kappa shape index (κ3) is 2.37. The number of aryl methyl sites for hydroxylation is 2. The number of halogens is 1. The summed E-state index contributed by atoms with van der Waals surface area (Å²) < 4.78 is 13.1. The number of rotatable bonds is 2. The lowest BCUT2D eigenvalue weighted by Gasteiger charge is -2.12. The number of benzene rings is 2. The number of hydrogen-bond donors (Lipinski definition) is 1. The van der Waals surface area contributed by atoms with Crippen molar-refractivity contribution in [3.63, 3.8) is 0 Å². The summed E-state index contributed by atoms with van der Waals surface area (Å²) in [6.07, 6.45) is 0. The molecule has 2 rings (SSSR count). The van der Waals surface area contributed by atoms with Crippen LogP contribution in [0.4, 0.5) is 4.39 Å². The largest absolute Gasteiger partial charge is 0.246 e. The zero-order valence-electron chi connectivity index (χ0n) is 10.00. The Morgan fingerprint density at radius 1 is 1.06 bits per heavy atom. The molecule has 0 aliphatic rings. The highest BCUT2D eigenvalue weighted by Crippen LogP contribution is 2.31. The van der Waals surface area contributed by atoms with Gasteiger partial charge < -0.3 is 0 Å². The molecule has 0 atom stereocenters. The standard InChI is InChI=1S/C15H15FS/c1-10-6-7-11(2)13(8-10)12-4-3-5-15(17)14(12)9-16/h3-8,17H,9H2,1-2H3. The van der Waals surface area contributed by atoms with E-state index in [1.165, 1.54) is 5.56 Å². The summed E-state index contributed by atoms with van der Waals surface area (Å²) in [5.74, 6) is 0. The van der Waals surface area contributed by atoms with Gasteiger partial charge in [-0.1, -0.05) is 35.9 Å². The van der Waals surface area contributed by atoms with Crippen LogP contribution in [-0.4, -0.2) is 0 Å². The van der Waals surface area contributed by atoms with E-state index in [-0.39, 0.29) is 0 Å². The molecule has 0 fully saturated rings. The van der Waals surface area contributed by atoms with Crippen molar-refractivity contribution in [3.8, 4) is 11.1 Å². The zero-order valence-corrected chi connectivity index (χ0v) is 10.9. The average Bonchev–Trinajstić information content (AvgIpc) is 2.32. The van der Waals surface area contributed by atoms with Crippen LogP contribution in [0.2, 0.25) is 0 Å². The highest BCUT2D eigenvalue weighted by Gasteiger charge is 2.10. The molecule has 0 aliphatic heterocycles. The molecule has 88 valence electrons. The first-order valence-electron chi connectivity index (χ1n) is 5.58. The minimum atomic E-state index is -0.484. The van der Waals surface area contributed by atoms with Crippen molar-refractivity contribution in [2.45, 2.75) is 25.4 Å². The van der Waals surface area contributed by atoms with Gasteiger partial charge in [-0.05, 0) is 36.6 Å². The molecule has 0 unspecified atom stereocenters. The van der Waals surface area contributed by atoms with Crippen LogP contribution in [-0.2, 0) is 6.67 Å². The van der Waals surface area contributed by atoms with Gasteiger partial charge in [0.1, 0.15) is 6.67 Å². The van der Waals surface area contributed by atoms with E-state index in [0.29, 0.717) is 10.5 Å². The molecule has 17 heavy (non-hydrogen) atoms. The molecule has 0 aromatic heterocycles. The van der Waals surface area contributed by atoms with E-state index in [0.717, 1.165) is 16.7 Å². The predicted molar refractivity (Wildman–Crippen MR) is 73.4 cm³/mol. The van der Waals surface area contributed by atoms with E-state index in [1.807, 2.05) is 32.0 Å². The first-order chi connectivity index (χ1) is 8.13. The summed E-state index contributed by atoms with van der Waals surface area (Å²) in [6, 6.07) is 11.9. The second-order valence-electron chi connectivity index (χ2n) is 4.26. The van der Waals surface area contributed by atoms with Crippen molar-refractivity contribution >= 4 is 12.6 Å². The van der Waals surface area contributed by atoms with Crippen molar-refractivity contribution in [1.29, 1.82) is 0 Å². The lowest BCUT2D eigenvalue weighted by Crippen LogP contribution is -1.92. The fourth-order valence-electron chi connectivity index (χ4n) is 1.99. The molecule has 2 heteroatoms. The SMILES string of the molecule is Cc1ccc(C)c(-c2cccc(S)c2CF)c1. The van der Waals surface area contributed by atoms with Crippen LogP contribution in [0.5, 0.6) is 0 Å². The summed E-state index contributed by atoms with van der Waals surface area (Å²) in [7, 11) is 0. The molecular weight excluding hydrogens is 231 g/mol. The van der Waals surface area contributed by atoms with Crippen molar-refractivity contribution < 1.29 is 4.39 Å². The molecule has 0 saturated carbocycles. The molecule has 0 spiro atoms. The van der Waals surface area contributed by atoms with Crippen molar-refractivity contribution in [3.05, 3.63) is 53.1 Å². The smallest absolute Gasteiger partial charge is 0.116 e. The van der Waals surface area contributed by atoms with Crippen LogP contribution in [0, 0.1) is 13.8 Å². The molecule has 0 amide bonds. The Kier molecular flexibility index (Phi) is 3.53. The second-order valence-corrected chi connectivity index (χ2v) is 4.74. The van der Waals surface area contributed by atoms with E-state index in [2.05, 4.69) is 30.8 Å². The molecule has 2 aromatic rings. The van der Waals surface area contributed by atoms with Crippen LogP contribution in [0.1, 0.15) is 16.7 Å². The van der Waals surface area contributed by atoms with Gasteiger partial charge in [-0.25, -0.2) is 4.39 Å². The van der Waals surface area contributed by atoms with Crippen LogP contribution in [0.3, 0.4) is 0 Å². The number of hydrogen-bond acceptors (Lipinski definition) is 1. The van der Waals surface area contributed by atoms with Crippen LogP contribution < -0.4 is 0 Å². The molecule has 2 aromatic carbocycles. The van der Waals surface area contributed by atoms with Gasteiger partial charge in [0.15, 0.2) is 0 Å². The Morgan fingerprint density at radius 3 is 2.53 bits per heavy atom. The Morgan fingerprint density at radius 2 is 1.82 bits per heavy atom. The molecule has 0 radical (unpaired) electrons. The lowest BCUT2D eigenvalue weighted by molar-refractivity contribution is 0.481. The third-order valence-electron chi connectivity index (χ3n) is 2.97. The second kappa shape index (κ2) is 4.92. The molecule has 0 heterocycles. The predicted octanol–water partition coefficient (Wildman–Crippen LogP) is 4.73. The normalized spacial score (nSPS) is 10.6. The molecule has 0 bridgehead atoms. The summed E-state index contributed by atoms with van der Waals surface area (Å²) >= 11 is 4.32.